The van der Waals surface area contributed by atoms with Gasteiger partial charge in [-0.1, -0.05) is 0 Å². The Kier molecular flexibility index (Phi) is 0.827. The number of rotatable bonds is 1. The Morgan fingerprint density at radius 3 is 2.67 bits per heavy atom. The molecule has 0 aromatic heterocycles. The predicted molar refractivity (Wildman–Crippen MR) is 34.7 cm³/mol. The molecular weight excluding hydrogens is 116 g/mol. The van der Waals surface area contributed by atoms with Crippen molar-refractivity contribution in [2.24, 2.45) is 0 Å². The van der Waals surface area contributed by atoms with Crippen LogP contribution in [0.2, 0.25) is 0 Å². The molecule has 48 valence electrons. The van der Waals surface area contributed by atoms with E-state index in [1.807, 2.05) is 0 Å². The summed E-state index contributed by atoms with van der Waals surface area (Å²) >= 11 is 0. The van der Waals surface area contributed by atoms with E-state index < -0.39 is 7.04 Å². The Morgan fingerprint density at radius 2 is 2.11 bits per heavy atom. The van der Waals surface area contributed by atoms with Gasteiger partial charge in [0.05, 0.1) is 11.2 Å². The topological polar surface area (TPSA) is 29.5 Å². The number of phenols is 1. The fourth-order valence-electron chi connectivity index (χ4n) is 0.514. The average Bonchev–Trinajstić information content (AvgIpc) is 1.91. The smallest absolute Gasteiger partial charge is 0.119 e. The molecule has 0 radical (unpaired) electrons. The van der Waals surface area contributed by atoms with Gasteiger partial charge in [0.25, 0.3) is 0 Å². The highest BCUT2D eigenvalue weighted by Crippen LogP contribution is 2.14. The van der Waals surface area contributed by atoms with Crippen LogP contribution < -0.4 is 4.74 Å². The van der Waals surface area contributed by atoms with Crippen LogP contribution in [0.4, 0.5) is 0 Å². The third kappa shape index (κ3) is 1.35. The molecule has 2 heteroatoms. The van der Waals surface area contributed by atoms with Crippen LogP contribution in [0, 0.1) is 0 Å². The maximum Gasteiger partial charge on any atom is 0.119 e. The number of methoxy groups -OCH3 is 1. The zero-order chi connectivity index (χ0) is 9.19. The molecule has 0 aliphatic carbocycles. The third-order valence-corrected chi connectivity index (χ3v) is 0.955. The van der Waals surface area contributed by atoms with Gasteiger partial charge in [-0.3, -0.25) is 0 Å². The Labute approximate surface area is 57.9 Å². The van der Waals surface area contributed by atoms with Gasteiger partial charge in [0, 0.05) is 0 Å². The van der Waals surface area contributed by atoms with E-state index in [1.165, 1.54) is 24.3 Å². The number of hydrogen-bond donors (Lipinski definition) is 1. The Hall–Kier alpha value is -1.18. The van der Waals surface area contributed by atoms with Gasteiger partial charge in [0.1, 0.15) is 11.5 Å². The molecule has 0 bridgehead atoms. The van der Waals surface area contributed by atoms with Crippen molar-refractivity contribution in [1.82, 2.24) is 0 Å². The van der Waals surface area contributed by atoms with Crippen LogP contribution >= 0.6 is 0 Å². The van der Waals surface area contributed by atoms with Crippen LogP contribution in [0.25, 0.3) is 0 Å². The second kappa shape index (κ2) is 2.40. The lowest BCUT2D eigenvalue weighted by atomic mass is 10.3. The van der Waals surface area contributed by atoms with Crippen LogP contribution in [0.1, 0.15) is 4.11 Å². The summed E-state index contributed by atoms with van der Waals surface area (Å²) in [5.74, 6) is 0.292. The third-order valence-electron chi connectivity index (χ3n) is 0.955. The van der Waals surface area contributed by atoms with Crippen molar-refractivity contribution in [2.45, 2.75) is 0 Å². The van der Waals surface area contributed by atoms with E-state index in [-0.39, 0.29) is 11.5 Å². The number of aromatic hydroxyl groups is 1. The zero-order valence-electron chi connectivity index (χ0n) is 7.66. The lowest BCUT2D eigenvalue weighted by molar-refractivity contribution is 0.412. The van der Waals surface area contributed by atoms with Gasteiger partial charge in [-0.05, 0) is 24.3 Å². The van der Waals surface area contributed by atoms with Crippen molar-refractivity contribution >= 4 is 0 Å². The van der Waals surface area contributed by atoms with Gasteiger partial charge in [-0.25, -0.2) is 0 Å². The normalized spacial score (nSPS) is 15.3. The lowest BCUT2D eigenvalue weighted by Crippen LogP contribution is -1.79. The summed E-state index contributed by atoms with van der Waals surface area (Å²) in [6.45, 7) is 0. The van der Waals surface area contributed by atoms with Crippen molar-refractivity contribution in [3.8, 4) is 11.5 Å². The maximum atomic E-state index is 8.86. The number of benzene rings is 1. The summed E-state index contributed by atoms with van der Waals surface area (Å²) in [4.78, 5) is 0. The first-order valence-electron chi connectivity index (χ1n) is 3.95. The van der Waals surface area contributed by atoms with Crippen LogP contribution in [-0.2, 0) is 0 Å². The van der Waals surface area contributed by atoms with E-state index in [4.69, 9.17) is 9.22 Å². The van der Waals surface area contributed by atoms with Crippen molar-refractivity contribution < 1.29 is 14.0 Å². The molecule has 0 aliphatic rings. The Balaban J connectivity index is 2.71. The van der Waals surface area contributed by atoms with E-state index in [0.29, 0.717) is 0 Å². The summed E-state index contributed by atoms with van der Waals surface area (Å²) < 4.78 is 24.9. The Bertz CT molecular complexity index is 252. The largest absolute Gasteiger partial charge is 0.508 e. The molecule has 0 heterocycles. The van der Waals surface area contributed by atoms with Gasteiger partial charge in [-0.2, -0.15) is 0 Å². The van der Waals surface area contributed by atoms with Crippen LogP contribution in [-0.4, -0.2) is 12.1 Å². The minimum atomic E-state index is -2.43. The zero-order valence-corrected chi connectivity index (χ0v) is 4.66. The summed E-state index contributed by atoms with van der Waals surface area (Å²) in [7, 11) is -2.43. The minimum Gasteiger partial charge on any atom is -0.508 e. The number of ether oxygens (including phenoxy) is 1. The molecule has 0 spiro atoms. The van der Waals surface area contributed by atoms with Gasteiger partial charge < -0.3 is 9.84 Å². The standard InChI is InChI=1S/C7H8O2/c1-9-7-4-2-6(8)3-5-7/h2-5,8H,1H3/i1D3. The molecule has 1 rings (SSSR count). The molecule has 9 heavy (non-hydrogen) atoms. The first-order chi connectivity index (χ1) is 5.47. The van der Waals surface area contributed by atoms with Crippen molar-refractivity contribution in [3.05, 3.63) is 24.3 Å². The molecule has 0 aliphatic heterocycles. The molecule has 1 N–H and O–H groups in total. The highest BCUT2D eigenvalue weighted by atomic mass is 16.5. The van der Waals surface area contributed by atoms with Crippen LogP contribution in [0.3, 0.4) is 0 Å². The second-order valence-electron chi connectivity index (χ2n) is 1.60. The quantitative estimate of drug-likeness (QED) is 0.617. The van der Waals surface area contributed by atoms with E-state index in [9.17, 15) is 0 Å². The van der Waals surface area contributed by atoms with E-state index >= 15 is 0 Å². The summed E-state index contributed by atoms with van der Waals surface area (Å²) in [5.41, 5.74) is 0. The summed E-state index contributed by atoms with van der Waals surface area (Å²) in [6.07, 6.45) is 0. The average molecular weight is 127 g/mol. The van der Waals surface area contributed by atoms with Crippen LogP contribution in [0.5, 0.6) is 11.5 Å². The molecule has 0 atom stereocenters. The number of phenolic OH excluding ortho intramolecular Hbond substituents is 1. The van der Waals surface area contributed by atoms with Gasteiger partial charge in [0.2, 0.25) is 0 Å². The highest BCUT2D eigenvalue weighted by Gasteiger charge is 1.87. The molecule has 0 fully saturated rings. The number of hydrogen-bond acceptors (Lipinski definition) is 2. The fourth-order valence-corrected chi connectivity index (χ4v) is 0.514. The first kappa shape index (κ1) is 3.11. The van der Waals surface area contributed by atoms with E-state index in [0.717, 1.165) is 0 Å². The van der Waals surface area contributed by atoms with Gasteiger partial charge >= 0.3 is 0 Å². The van der Waals surface area contributed by atoms with Crippen LogP contribution in [0.15, 0.2) is 24.3 Å². The Morgan fingerprint density at radius 1 is 1.44 bits per heavy atom. The van der Waals surface area contributed by atoms with E-state index in [2.05, 4.69) is 4.74 Å². The van der Waals surface area contributed by atoms with Gasteiger partial charge in [-0.15, -0.1) is 0 Å². The fraction of sp³-hybridized carbons (Fsp3) is 0.143. The maximum absolute atomic E-state index is 8.86. The molecule has 2 nitrogen and oxygen atoms in total. The SMILES string of the molecule is [2H]C([2H])([2H])Oc1ccc(O)cc1. The summed E-state index contributed by atoms with van der Waals surface area (Å²) in [6, 6.07) is 5.51. The molecular formula is C7H8O2. The van der Waals surface area contributed by atoms with E-state index in [1.54, 1.807) is 0 Å². The second-order valence-corrected chi connectivity index (χ2v) is 1.60. The van der Waals surface area contributed by atoms with Crippen molar-refractivity contribution in [3.63, 3.8) is 0 Å². The predicted octanol–water partition coefficient (Wildman–Crippen LogP) is 1.40. The molecule has 0 saturated carbocycles. The minimum absolute atomic E-state index is 0.0768. The molecule has 0 amide bonds. The van der Waals surface area contributed by atoms with Gasteiger partial charge in [0.15, 0.2) is 0 Å². The molecule has 1 aromatic rings. The molecule has 1 aromatic carbocycles. The van der Waals surface area contributed by atoms with Crippen molar-refractivity contribution in [2.75, 3.05) is 7.04 Å². The lowest BCUT2D eigenvalue weighted by Gasteiger charge is -1.96. The monoisotopic (exact) mass is 127 g/mol. The first-order valence-corrected chi connectivity index (χ1v) is 2.45. The van der Waals surface area contributed by atoms with Crippen molar-refractivity contribution in [1.29, 1.82) is 0 Å². The molecule has 0 unspecified atom stereocenters. The highest BCUT2D eigenvalue weighted by molar-refractivity contribution is 5.29. The summed E-state index contributed by atoms with van der Waals surface area (Å²) in [5, 5.41) is 8.86. The molecule has 0 saturated heterocycles.